The maximum Gasteiger partial charge on any atom is 0.250 e. The number of methoxy groups -OCH3 is 2. The summed E-state index contributed by atoms with van der Waals surface area (Å²) in [4.78, 5) is 71.9. The number of benzene rings is 2. The fourth-order valence-corrected chi connectivity index (χ4v) is 10.0. The highest BCUT2D eigenvalue weighted by Gasteiger charge is 2.61. The molecule has 3 aromatic rings. The van der Waals surface area contributed by atoms with E-state index in [9.17, 15) is 29.1 Å². The molecule has 8 rings (SSSR count). The van der Waals surface area contributed by atoms with Gasteiger partial charge in [-0.25, -0.2) is 0 Å². The van der Waals surface area contributed by atoms with E-state index in [0.29, 0.717) is 48.9 Å². The molecule has 306 valence electrons. The second kappa shape index (κ2) is 15.6. The minimum Gasteiger partial charge on any atom is -0.507 e. The third-order valence-electron chi connectivity index (χ3n) is 12.1. The first-order chi connectivity index (χ1) is 27.9. The van der Waals surface area contributed by atoms with E-state index in [1.807, 2.05) is 12.3 Å². The summed E-state index contributed by atoms with van der Waals surface area (Å²) >= 11 is 8.21. The van der Waals surface area contributed by atoms with Crippen molar-refractivity contribution in [2.75, 3.05) is 46.1 Å². The zero-order chi connectivity index (χ0) is 41.0. The molecule has 2 aromatic carbocycles. The maximum absolute atomic E-state index is 14.6. The number of ether oxygens (including phenoxy) is 5. The number of thioether (sulfide) groups is 1. The molecule has 5 heterocycles. The van der Waals surface area contributed by atoms with Crippen LogP contribution in [0.25, 0.3) is 0 Å². The summed E-state index contributed by atoms with van der Waals surface area (Å²) in [5, 5.41) is 15.3. The largest absolute Gasteiger partial charge is 0.507 e. The van der Waals surface area contributed by atoms with Crippen LogP contribution >= 0.6 is 23.4 Å². The number of pyridine rings is 1. The Bertz CT molecular complexity index is 2310. The number of likely N-dealkylation sites (tertiary alicyclic amines) is 1. The number of nitrogens with zero attached hydrogens (tertiary/aromatic N) is 2. The van der Waals surface area contributed by atoms with Crippen molar-refractivity contribution in [1.29, 1.82) is 0 Å². The lowest BCUT2D eigenvalue weighted by molar-refractivity contribution is -0.139. The van der Waals surface area contributed by atoms with Crippen LogP contribution in [-0.4, -0.2) is 95.7 Å². The molecule has 2 N–H and O–H groups in total. The summed E-state index contributed by atoms with van der Waals surface area (Å²) in [5.41, 5.74) is -0.978. The van der Waals surface area contributed by atoms with Crippen molar-refractivity contribution < 1.29 is 48.0 Å². The molecule has 5 aliphatic rings. The second-order valence-corrected chi connectivity index (χ2v) is 16.8. The molecular weight excluding hydrogens is 790 g/mol. The van der Waals surface area contributed by atoms with Crippen molar-refractivity contribution in [2.24, 2.45) is 11.8 Å². The number of carbonyl (C=O) groups is 4. The van der Waals surface area contributed by atoms with E-state index in [1.54, 1.807) is 58.5 Å². The van der Waals surface area contributed by atoms with Gasteiger partial charge in [-0.3, -0.25) is 24.0 Å². The molecule has 1 aliphatic carbocycles. The van der Waals surface area contributed by atoms with E-state index < -0.39 is 46.7 Å². The Labute approximate surface area is 343 Å². The van der Waals surface area contributed by atoms with Crippen LogP contribution in [0.5, 0.6) is 28.7 Å². The minimum atomic E-state index is -2.08. The lowest BCUT2D eigenvalue weighted by atomic mass is 9.69. The van der Waals surface area contributed by atoms with E-state index in [-0.39, 0.29) is 76.3 Å². The van der Waals surface area contributed by atoms with Crippen LogP contribution in [-0.2, 0) is 20.9 Å². The van der Waals surface area contributed by atoms with E-state index in [1.165, 1.54) is 20.3 Å². The monoisotopic (exact) mass is 833 g/mol. The van der Waals surface area contributed by atoms with Gasteiger partial charge >= 0.3 is 0 Å². The van der Waals surface area contributed by atoms with E-state index in [2.05, 4.69) is 5.32 Å². The van der Waals surface area contributed by atoms with Gasteiger partial charge in [0, 0.05) is 73.6 Å². The van der Waals surface area contributed by atoms with Gasteiger partial charge in [0.25, 0.3) is 5.56 Å². The fourth-order valence-electron chi connectivity index (χ4n) is 9.28. The van der Waals surface area contributed by atoms with Gasteiger partial charge in [-0.05, 0) is 54.5 Å². The molecular formula is C42H44ClN3O11S. The molecule has 14 nitrogen and oxygen atoms in total. The van der Waals surface area contributed by atoms with Crippen LogP contribution in [0, 0.1) is 11.8 Å². The van der Waals surface area contributed by atoms with Gasteiger partial charge in [-0.1, -0.05) is 30.7 Å². The number of ketones is 2. The van der Waals surface area contributed by atoms with Gasteiger partial charge in [-0.15, -0.1) is 0 Å². The molecule has 4 aliphatic heterocycles. The Kier molecular flexibility index (Phi) is 10.6. The van der Waals surface area contributed by atoms with Crippen LogP contribution in [0.2, 0.25) is 5.02 Å². The predicted molar refractivity (Wildman–Crippen MR) is 214 cm³/mol. The van der Waals surface area contributed by atoms with Gasteiger partial charge in [0.1, 0.15) is 28.1 Å². The topological polar surface area (TPSA) is 172 Å². The van der Waals surface area contributed by atoms with Crippen molar-refractivity contribution in [3.05, 3.63) is 86.0 Å². The van der Waals surface area contributed by atoms with Crippen molar-refractivity contribution >= 4 is 46.7 Å². The first-order valence-corrected chi connectivity index (χ1v) is 21.0. The standard InChI is InChI=1S/C42H44ClN3O11S/c1-21-12-28(47)35(39(50)42(21)40(51)36-31(53-2)16-32(54-3)37(43)38(36)57-42)25(23-8-9-29-30(14-23)56-20-55-29)15-33(48)44-26(10-11-58-4)41(52)45-17-22-13-24(19-45)27-6-5-7-34(49)46(27)18-22/h5-9,14,16,21-22,24-26,50H,10-13,15,17-20H2,1-4H3,(H,44,48)/t21-,22?,24?,25?,26+,42+/m1/s1. The Morgan fingerprint density at radius 1 is 1.05 bits per heavy atom. The summed E-state index contributed by atoms with van der Waals surface area (Å²) in [6.45, 7) is 2.99. The highest BCUT2D eigenvalue weighted by molar-refractivity contribution is 7.98. The van der Waals surface area contributed by atoms with Crippen LogP contribution in [0.15, 0.2) is 58.6 Å². The van der Waals surface area contributed by atoms with E-state index in [4.69, 9.17) is 35.3 Å². The number of nitrogens with one attached hydrogen (secondary N) is 1. The van der Waals surface area contributed by atoms with Gasteiger partial charge < -0.3 is 43.6 Å². The lowest BCUT2D eigenvalue weighted by Gasteiger charge is -2.43. The SMILES string of the molecule is COc1cc(OC)c2c(c1Cl)O[C@]1(C2=O)C(O)=C(C(CC(=O)N[C@@H](CCSC)C(=O)N2CC3CC(C2)c2cccc(=O)n2C3)c2ccc3c(c2)OCO3)C(=O)C[C@H]1C. The molecule has 1 saturated heterocycles. The van der Waals surface area contributed by atoms with Crippen molar-refractivity contribution in [1.82, 2.24) is 14.8 Å². The number of carbonyl (C=O) groups excluding carboxylic acids is 4. The molecule has 1 fully saturated rings. The number of fused-ring (bicyclic) bond motifs is 6. The number of halogens is 1. The third-order valence-corrected chi connectivity index (χ3v) is 13.1. The fraction of sp³-hybridized carbons (Fsp3) is 0.452. The summed E-state index contributed by atoms with van der Waals surface area (Å²) in [5.74, 6) is -2.78. The average molecular weight is 834 g/mol. The van der Waals surface area contributed by atoms with E-state index in [0.717, 1.165) is 12.1 Å². The zero-order valence-corrected chi connectivity index (χ0v) is 34.1. The van der Waals surface area contributed by atoms with Crippen LogP contribution in [0.4, 0.5) is 0 Å². The van der Waals surface area contributed by atoms with Gasteiger partial charge in [0.05, 0.1) is 14.2 Å². The number of rotatable bonds is 11. The second-order valence-electron chi connectivity index (χ2n) is 15.5. The first kappa shape index (κ1) is 39.7. The number of amides is 2. The van der Waals surface area contributed by atoms with E-state index >= 15 is 0 Å². The van der Waals surface area contributed by atoms with Crippen molar-refractivity contribution in [3.8, 4) is 28.7 Å². The number of aliphatic hydroxyl groups is 1. The molecule has 16 heteroatoms. The number of hydrogen-bond acceptors (Lipinski definition) is 12. The lowest BCUT2D eigenvalue weighted by Crippen LogP contribution is -2.55. The minimum absolute atomic E-state index is 0.00896. The third kappa shape index (κ3) is 6.55. The van der Waals surface area contributed by atoms with Gasteiger partial charge in [-0.2, -0.15) is 11.8 Å². The highest BCUT2D eigenvalue weighted by atomic mass is 35.5. The van der Waals surface area contributed by atoms with Crippen LogP contribution in [0.1, 0.15) is 66.1 Å². The predicted octanol–water partition coefficient (Wildman–Crippen LogP) is 5.04. The van der Waals surface area contributed by atoms with Crippen molar-refractivity contribution in [2.45, 2.75) is 62.6 Å². The average Bonchev–Trinajstić information content (AvgIpc) is 3.81. The molecule has 6 atom stereocenters. The molecule has 3 unspecified atom stereocenters. The Morgan fingerprint density at radius 3 is 2.59 bits per heavy atom. The Hall–Kier alpha value is -5.15. The summed E-state index contributed by atoms with van der Waals surface area (Å²) in [7, 11) is 2.78. The highest BCUT2D eigenvalue weighted by Crippen LogP contribution is 2.56. The number of aromatic nitrogens is 1. The molecule has 2 bridgehead atoms. The number of allylic oxidation sites excluding steroid dienone is 1. The summed E-state index contributed by atoms with van der Waals surface area (Å²) in [6, 6.07) is 10.8. The smallest absolute Gasteiger partial charge is 0.250 e. The molecule has 0 saturated carbocycles. The Balaban J connectivity index is 1.13. The van der Waals surface area contributed by atoms with Crippen molar-refractivity contribution in [3.63, 3.8) is 0 Å². The molecule has 2 amide bonds. The molecule has 0 radical (unpaired) electrons. The van der Waals surface area contributed by atoms with Crippen LogP contribution < -0.4 is 34.6 Å². The molecule has 1 aromatic heterocycles. The summed E-state index contributed by atoms with van der Waals surface area (Å²) < 4.78 is 30.3. The zero-order valence-electron chi connectivity index (χ0n) is 32.5. The number of aliphatic hydroxyl groups excluding tert-OH is 1. The quantitative estimate of drug-likeness (QED) is 0.264. The number of Topliss-reactive ketones (excluding diaryl/α,β-unsaturated/α-hetero) is 2. The number of piperidine rings is 1. The molecule has 1 spiro atoms. The Morgan fingerprint density at radius 2 is 1.83 bits per heavy atom. The van der Waals surface area contributed by atoms with Crippen LogP contribution in [0.3, 0.4) is 0 Å². The number of hydrogen-bond donors (Lipinski definition) is 2. The van der Waals surface area contributed by atoms with Gasteiger partial charge in [0.15, 0.2) is 28.8 Å². The first-order valence-electron chi connectivity index (χ1n) is 19.2. The summed E-state index contributed by atoms with van der Waals surface area (Å²) in [6.07, 6.45) is 2.55. The maximum atomic E-state index is 14.6. The molecule has 58 heavy (non-hydrogen) atoms. The van der Waals surface area contributed by atoms with Gasteiger partial charge in [0.2, 0.25) is 30.0 Å². The normalized spacial score (nSPS) is 23.9.